The predicted octanol–water partition coefficient (Wildman–Crippen LogP) is 4.02. The van der Waals surface area contributed by atoms with E-state index in [0.717, 1.165) is 4.47 Å². The molecule has 0 amide bonds. The Balaban J connectivity index is 2.57. The van der Waals surface area contributed by atoms with Gasteiger partial charge in [0.2, 0.25) is 0 Å². The third-order valence-corrected chi connectivity index (χ3v) is 2.92. The van der Waals surface area contributed by atoms with Crippen LogP contribution in [0, 0.1) is 0 Å². The van der Waals surface area contributed by atoms with E-state index in [1.54, 1.807) is 18.4 Å². The van der Waals surface area contributed by atoms with Crippen LogP contribution in [0.3, 0.4) is 0 Å². The maximum Gasteiger partial charge on any atom is 0.199 e. The molecule has 2 aromatic heterocycles. The van der Waals surface area contributed by atoms with Crippen molar-refractivity contribution in [1.29, 1.82) is 0 Å². The average molecular weight is 383 g/mol. The Bertz CT molecular complexity index is 449. The Labute approximate surface area is 105 Å². The molecule has 0 saturated carbocycles. The summed E-state index contributed by atoms with van der Waals surface area (Å²) >= 11 is 9.92. The lowest BCUT2D eigenvalue weighted by molar-refractivity contribution is 0.575. The van der Waals surface area contributed by atoms with Crippen LogP contribution < -0.4 is 0 Å². The Morgan fingerprint density at radius 3 is 2.21 bits per heavy atom. The fourth-order valence-corrected chi connectivity index (χ4v) is 2.40. The quantitative estimate of drug-likeness (QED) is 0.699. The van der Waals surface area contributed by atoms with E-state index in [4.69, 9.17) is 4.42 Å². The van der Waals surface area contributed by atoms with Crippen molar-refractivity contribution in [2.45, 2.75) is 0 Å². The standard InChI is InChI=1S/C8H3Br3N2O/c9-4-1-2-14-7(4)8-12-5(10)3-6(11)13-8/h1-3H. The Morgan fingerprint density at radius 1 is 1.07 bits per heavy atom. The fraction of sp³-hybridized carbons (Fsp3) is 0. The zero-order chi connectivity index (χ0) is 10.1. The summed E-state index contributed by atoms with van der Waals surface area (Å²) in [5.74, 6) is 1.15. The van der Waals surface area contributed by atoms with Gasteiger partial charge in [-0.05, 0) is 53.9 Å². The molecule has 2 aromatic rings. The maximum atomic E-state index is 5.25. The summed E-state index contributed by atoms with van der Waals surface area (Å²) in [6.07, 6.45) is 1.58. The highest BCUT2D eigenvalue weighted by molar-refractivity contribution is 9.11. The first-order chi connectivity index (χ1) is 6.66. The molecule has 0 radical (unpaired) electrons. The van der Waals surface area contributed by atoms with E-state index in [2.05, 4.69) is 57.8 Å². The molecule has 3 nitrogen and oxygen atoms in total. The van der Waals surface area contributed by atoms with E-state index < -0.39 is 0 Å². The minimum Gasteiger partial charge on any atom is -0.460 e. The molecule has 0 saturated heterocycles. The smallest absolute Gasteiger partial charge is 0.199 e. The highest BCUT2D eigenvalue weighted by atomic mass is 79.9. The Morgan fingerprint density at radius 2 is 1.71 bits per heavy atom. The molecule has 0 bridgehead atoms. The molecule has 2 rings (SSSR count). The first-order valence-electron chi connectivity index (χ1n) is 3.60. The van der Waals surface area contributed by atoms with E-state index in [0.29, 0.717) is 20.8 Å². The zero-order valence-electron chi connectivity index (χ0n) is 6.67. The molecule has 2 heterocycles. The fourth-order valence-electron chi connectivity index (χ4n) is 0.945. The molecule has 6 heteroatoms. The highest BCUT2D eigenvalue weighted by Crippen LogP contribution is 2.28. The predicted molar refractivity (Wildman–Crippen MR) is 62.8 cm³/mol. The number of rotatable bonds is 1. The second-order valence-electron chi connectivity index (χ2n) is 2.43. The zero-order valence-corrected chi connectivity index (χ0v) is 11.4. The van der Waals surface area contributed by atoms with Crippen molar-refractivity contribution in [2.75, 3.05) is 0 Å². The van der Waals surface area contributed by atoms with Crippen LogP contribution in [-0.2, 0) is 0 Å². The van der Waals surface area contributed by atoms with Crippen molar-refractivity contribution in [2.24, 2.45) is 0 Å². The van der Waals surface area contributed by atoms with E-state index in [-0.39, 0.29) is 0 Å². The molecule has 0 fully saturated rings. The molecule has 0 aliphatic heterocycles. The van der Waals surface area contributed by atoms with Crippen LogP contribution in [0.5, 0.6) is 0 Å². The minimum atomic E-state index is 0.531. The number of aromatic nitrogens is 2. The monoisotopic (exact) mass is 380 g/mol. The van der Waals surface area contributed by atoms with Crippen molar-refractivity contribution in [3.05, 3.63) is 32.1 Å². The Hall–Kier alpha value is -0.200. The number of hydrogen-bond acceptors (Lipinski definition) is 3. The molecule has 0 unspecified atom stereocenters. The summed E-state index contributed by atoms with van der Waals surface area (Å²) in [7, 11) is 0. The summed E-state index contributed by atoms with van der Waals surface area (Å²) in [5, 5.41) is 0. The van der Waals surface area contributed by atoms with Crippen LogP contribution in [0.2, 0.25) is 0 Å². The second-order valence-corrected chi connectivity index (χ2v) is 4.91. The molecule has 0 N–H and O–H groups in total. The lowest BCUT2D eigenvalue weighted by atomic mass is 10.4. The van der Waals surface area contributed by atoms with Crippen molar-refractivity contribution >= 4 is 47.8 Å². The van der Waals surface area contributed by atoms with Gasteiger partial charge in [-0.2, -0.15) is 0 Å². The maximum absolute atomic E-state index is 5.25. The van der Waals surface area contributed by atoms with Crippen LogP contribution >= 0.6 is 47.8 Å². The van der Waals surface area contributed by atoms with E-state index >= 15 is 0 Å². The van der Waals surface area contributed by atoms with Crippen LogP contribution in [0.25, 0.3) is 11.6 Å². The van der Waals surface area contributed by atoms with Gasteiger partial charge in [0.25, 0.3) is 0 Å². The molecule has 0 atom stereocenters. The third-order valence-electron chi connectivity index (χ3n) is 1.48. The number of furan rings is 1. The normalized spacial score (nSPS) is 10.5. The SMILES string of the molecule is Brc1cc(Br)nc(-c2occc2Br)n1. The summed E-state index contributed by atoms with van der Waals surface area (Å²) < 4.78 is 7.49. The molecule has 14 heavy (non-hydrogen) atoms. The minimum absolute atomic E-state index is 0.531. The molecule has 0 aromatic carbocycles. The molecular formula is C8H3Br3N2O. The number of nitrogens with zero attached hydrogens (tertiary/aromatic N) is 2. The van der Waals surface area contributed by atoms with Gasteiger partial charge in [-0.1, -0.05) is 0 Å². The lowest BCUT2D eigenvalue weighted by Gasteiger charge is -1.98. The van der Waals surface area contributed by atoms with Crippen molar-refractivity contribution in [3.8, 4) is 11.6 Å². The second kappa shape index (κ2) is 4.12. The summed E-state index contributed by atoms with van der Waals surface area (Å²) in [6, 6.07) is 3.56. The summed E-state index contributed by atoms with van der Waals surface area (Å²) in [4.78, 5) is 8.38. The van der Waals surface area contributed by atoms with E-state index in [9.17, 15) is 0 Å². The van der Waals surface area contributed by atoms with Crippen LogP contribution in [0.4, 0.5) is 0 Å². The van der Waals surface area contributed by atoms with E-state index in [1.807, 2.05) is 0 Å². The topological polar surface area (TPSA) is 38.9 Å². The van der Waals surface area contributed by atoms with Crippen LogP contribution in [-0.4, -0.2) is 9.97 Å². The molecular weight excluding hydrogens is 380 g/mol. The molecule has 72 valence electrons. The van der Waals surface area contributed by atoms with Crippen LogP contribution in [0.15, 0.2) is 36.5 Å². The Kier molecular flexibility index (Phi) is 3.04. The van der Waals surface area contributed by atoms with Gasteiger partial charge in [0.1, 0.15) is 9.21 Å². The van der Waals surface area contributed by atoms with Crippen LogP contribution in [0.1, 0.15) is 0 Å². The van der Waals surface area contributed by atoms with Crippen molar-refractivity contribution < 1.29 is 4.42 Å². The average Bonchev–Trinajstić information content (AvgIpc) is 2.49. The highest BCUT2D eigenvalue weighted by Gasteiger charge is 2.11. The van der Waals surface area contributed by atoms with E-state index in [1.165, 1.54) is 0 Å². The van der Waals surface area contributed by atoms with Gasteiger partial charge in [0, 0.05) is 6.07 Å². The first kappa shape index (κ1) is 10.3. The molecule has 0 spiro atoms. The first-order valence-corrected chi connectivity index (χ1v) is 5.98. The lowest BCUT2D eigenvalue weighted by Crippen LogP contribution is -1.89. The van der Waals surface area contributed by atoms with Gasteiger partial charge in [-0.3, -0.25) is 0 Å². The number of hydrogen-bond donors (Lipinski definition) is 0. The largest absolute Gasteiger partial charge is 0.460 e. The third kappa shape index (κ3) is 2.07. The summed E-state index contributed by atoms with van der Waals surface area (Å²) in [5.41, 5.74) is 0. The van der Waals surface area contributed by atoms with Crippen molar-refractivity contribution in [3.63, 3.8) is 0 Å². The van der Waals surface area contributed by atoms with Crippen molar-refractivity contribution in [1.82, 2.24) is 9.97 Å². The van der Waals surface area contributed by atoms with Gasteiger partial charge in [-0.15, -0.1) is 0 Å². The van der Waals surface area contributed by atoms with Gasteiger partial charge in [-0.25, -0.2) is 9.97 Å². The molecule has 0 aliphatic rings. The number of halogens is 3. The van der Waals surface area contributed by atoms with Gasteiger partial charge in [0.15, 0.2) is 11.6 Å². The van der Waals surface area contributed by atoms with Gasteiger partial charge in [0.05, 0.1) is 10.7 Å². The van der Waals surface area contributed by atoms with Gasteiger partial charge >= 0.3 is 0 Å². The van der Waals surface area contributed by atoms with Gasteiger partial charge < -0.3 is 4.42 Å². The molecule has 0 aliphatic carbocycles. The summed E-state index contributed by atoms with van der Waals surface area (Å²) in [6.45, 7) is 0.